The molecule has 8 fully saturated rings. The number of hydrogen-bond acceptors (Lipinski definition) is 32. The monoisotopic (exact) mass is 1930 g/mol. The molecule has 136 heavy (non-hydrogen) atoms. The summed E-state index contributed by atoms with van der Waals surface area (Å²) in [5.41, 5.74) is 52.7. The van der Waals surface area contributed by atoms with Crippen molar-refractivity contribution in [1.82, 2.24) is 74.8 Å². The Hall–Kier alpha value is -10.3. The summed E-state index contributed by atoms with van der Waals surface area (Å²) < 4.78 is 5.62. The molecule has 32 nitrogen and oxygen atoms in total. The zero-order valence-electron chi connectivity index (χ0n) is 78.0. The number of aromatic nitrogens is 15. The van der Waals surface area contributed by atoms with E-state index in [0.29, 0.717) is 87.4 Å². The van der Waals surface area contributed by atoms with Crippen molar-refractivity contribution >= 4 is 116 Å². The summed E-state index contributed by atoms with van der Waals surface area (Å²) in [5, 5.41) is 12.5. The van der Waals surface area contributed by atoms with Gasteiger partial charge >= 0.3 is 0 Å². The van der Waals surface area contributed by atoms with Gasteiger partial charge in [-0.1, -0.05) is 77.8 Å². The van der Waals surface area contributed by atoms with Gasteiger partial charge in [0.15, 0.2) is 0 Å². The predicted molar refractivity (Wildman–Crippen MR) is 535 cm³/mol. The van der Waals surface area contributed by atoms with Gasteiger partial charge in [0.2, 0.25) is 0 Å². The fourth-order valence-electron chi connectivity index (χ4n) is 21.4. The maximum absolute atomic E-state index is 9.41. The molecule has 23 rings (SSSR count). The molecule has 10 aromatic heterocycles. The number of anilines is 5. The van der Waals surface area contributed by atoms with E-state index in [1.165, 1.54) is 38.5 Å². The van der Waals surface area contributed by atoms with Crippen molar-refractivity contribution < 1.29 is 9.84 Å². The number of aliphatic hydroxyl groups is 1. The Morgan fingerprint density at radius 2 is 0.603 bits per heavy atom. The number of aryl methyl sites for hydroxylation is 5. The highest BCUT2D eigenvalue weighted by molar-refractivity contribution is 6.38. The number of piperidine rings is 5. The van der Waals surface area contributed by atoms with Crippen LogP contribution in [0.2, 0.25) is 25.1 Å². The molecule has 11 aliphatic heterocycles. The van der Waals surface area contributed by atoms with E-state index in [1.54, 1.807) is 37.2 Å². The largest absolute Gasteiger partial charge is 0.394 e. The molecule has 0 aromatic carbocycles. The van der Waals surface area contributed by atoms with Crippen LogP contribution >= 0.6 is 58.0 Å². The molecular weight excluding hydrogens is 1820 g/mol. The van der Waals surface area contributed by atoms with Crippen LogP contribution in [-0.4, -0.2) is 224 Å². The summed E-state index contributed by atoms with van der Waals surface area (Å²) >= 11 is 32.2. The lowest BCUT2D eigenvalue weighted by Gasteiger charge is -2.42. The van der Waals surface area contributed by atoms with E-state index in [-0.39, 0.29) is 23.5 Å². The normalized spacial score (nSPS) is 21.4. The SMILES string of the molecule is Cc1nccc(C2=NCc3nc(N4CCC(C)(CN)CC4)cnc32)c1Cl.Cc1nccc(C2=NCc3nc(N4CCC(N)(CO)CC4)cnc32)c1Cl.Cc1nccc(C2=NCc3nc(N4CCC5(CC4)COC[C@H]5N)cnc32)c1Cl.Cc1nccc(C2=NCc3nc(N4CCC5(CCC[C@H]5N)CC4)cnc32)c1Cl.Cc1nccc(C2=NCc3nc(N4CCC5(CCC[C@H]5N)CC4)cnc32)c1Cl. The molecule has 710 valence electrons. The average molecular weight is 1940 g/mol. The quantitative estimate of drug-likeness (QED) is 0.0661. The first-order valence-corrected chi connectivity index (χ1v) is 49.4. The molecule has 13 aliphatic rings. The van der Waals surface area contributed by atoms with Crippen molar-refractivity contribution in [2.75, 3.05) is 116 Å². The maximum Gasteiger partial charge on any atom is 0.147 e. The molecular formula is C99H117Cl5N30O2. The van der Waals surface area contributed by atoms with Crippen LogP contribution in [0.25, 0.3) is 0 Å². The second kappa shape index (κ2) is 39.5. The topological polar surface area (TPSA) is 431 Å². The number of halogens is 5. The van der Waals surface area contributed by atoms with Crippen molar-refractivity contribution in [3.8, 4) is 0 Å². The summed E-state index contributed by atoms with van der Waals surface area (Å²) in [6.07, 6.45) is 35.8. The van der Waals surface area contributed by atoms with E-state index in [4.69, 9.17) is 131 Å². The zero-order valence-corrected chi connectivity index (χ0v) is 81.7. The maximum atomic E-state index is 9.41. The van der Waals surface area contributed by atoms with Gasteiger partial charge in [-0.05, 0) is 178 Å². The smallest absolute Gasteiger partial charge is 0.147 e. The summed E-state index contributed by atoms with van der Waals surface area (Å²) in [7, 11) is 0. The Balaban J connectivity index is 0.000000109. The molecule has 2 saturated carbocycles. The molecule has 11 N–H and O–H groups in total. The molecule has 3 spiro atoms. The average Bonchev–Trinajstić information content (AvgIpc) is 1.55. The van der Waals surface area contributed by atoms with E-state index < -0.39 is 5.54 Å². The van der Waals surface area contributed by atoms with Gasteiger partial charge < -0.3 is 63.0 Å². The van der Waals surface area contributed by atoms with E-state index in [1.807, 2.05) is 89.7 Å². The van der Waals surface area contributed by atoms with Crippen molar-refractivity contribution in [1.29, 1.82) is 0 Å². The second-order valence-electron chi connectivity index (χ2n) is 38.9. The number of aliphatic hydroxyl groups excluding tert-OH is 1. The van der Waals surface area contributed by atoms with E-state index in [2.05, 4.69) is 91.3 Å². The van der Waals surface area contributed by atoms with Gasteiger partial charge in [0.05, 0.1) is 194 Å². The third-order valence-electron chi connectivity index (χ3n) is 30.7. The Kier molecular flexibility index (Phi) is 27.5. The second-order valence-corrected chi connectivity index (χ2v) is 40.8. The highest BCUT2D eigenvalue weighted by Gasteiger charge is 2.48. The number of pyridine rings is 5. The van der Waals surface area contributed by atoms with Gasteiger partial charge in [-0.3, -0.25) is 49.9 Å². The molecule has 0 bridgehead atoms. The third-order valence-corrected chi connectivity index (χ3v) is 33.1. The van der Waals surface area contributed by atoms with Crippen LogP contribution in [0.5, 0.6) is 0 Å². The van der Waals surface area contributed by atoms with E-state index >= 15 is 0 Å². The lowest BCUT2D eigenvalue weighted by molar-refractivity contribution is 0.131. The van der Waals surface area contributed by atoms with Crippen molar-refractivity contribution in [2.24, 2.45) is 75.3 Å². The van der Waals surface area contributed by atoms with Crippen LogP contribution in [0.3, 0.4) is 0 Å². The van der Waals surface area contributed by atoms with Gasteiger partial charge in [0, 0.05) is 153 Å². The summed E-state index contributed by atoms with van der Waals surface area (Å²) in [5.74, 6) is 4.57. The molecule has 37 heteroatoms. The Morgan fingerprint density at radius 1 is 0.353 bits per heavy atom. The van der Waals surface area contributed by atoms with Crippen LogP contribution in [0, 0.1) is 56.3 Å². The molecule has 6 saturated heterocycles. The Labute approximate surface area is 817 Å². The fourth-order valence-corrected chi connectivity index (χ4v) is 22.4. The summed E-state index contributed by atoms with van der Waals surface area (Å²) in [6, 6.07) is 10.3. The van der Waals surface area contributed by atoms with Gasteiger partial charge in [-0.25, -0.2) is 49.8 Å². The van der Waals surface area contributed by atoms with Gasteiger partial charge in [0.1, 0.15) is 57.6 Å². The predicted octanol–water partition coefficient (Wildman–Crippen LogP) is 12.9. The molecule has 21 heterocycles. The van der Waals surface area contributed by atoms with Crippen molar-refractivity contribution in [3.05, 3.63) is 231 Å². The summed E-state index contributed by atoms with van der Waals surface area (Å²) in [6.45, 7) is 25.9. The molecule has 2 aliphatic carbocycles. The molecule has 3 atom stereocenters. The minimum absolute atomic E-state index is 0.0139. The summed E-state index contributed by atoms with van der Waals surface area (Å²) in [4.78, 5) is 104. The fraction of sp³-hybridized carbons (Fsp3) is 0.495. The number of nitrogens with zero attached hydrogens (tertiary/aromatic N) is 25. The van der Waals surface area contributed by atoms with Crippen LogP contribution in [0.4, 0.5) is 29.1 Å². The zero-order chi connectivity index (χ0) is 94.5. The van der Waals surface area contributed by atoms with Crippen molar-refractivity contribution in [3.63, 3.8) is 0 Å². The Bertz CT molecular complexity index is 5840. The highest BCUT2D eigenvalue weighted by atomic mass is 35.5. The minimum Gasteiger partial charge on any atom is -0.394 e. The van der Waals surface area contributed by atoms with Gasteiger partial charge in [-0.2, -0.15) is 0 Å². The molecule has 10 aromatic rings. The Morgan fingerprint density at radius 3 is 0.831 bits per heavy atom. The molecule has 0 unspecified atom stereocenters. The first-order valence-electron chi connectivity index (χ1n) is 47.5. The highest BCUT2D eigenvalue weighted by Crippen LogP contribution is 2.49. The van der Waals surface area contributed by atoms with Crippen LogP contribution in [0.15, 0.2) is 117 Å². The number of nitrogens with two attached hydrogens (primary N) is 5. The third kappa shape index (κ3) is 18.8. The van der Waals surface area contributed by atoms with Crippen LogP contribution in [-0.2, 0) is 37.5 Å². The first-order chi connectivity index (χ1) is 65.7. The lowest BCUT2D eigenvalue weighted by Crippen LogP contribution is -2.53. The van der Waals surface area contributed by atoms with Gasteiger partial charge in [0.25, 0.3) is 0 Å². The lowest BCUT2D eigenvalue weighted by atomic mass is 9.74. The van der Waals surface area contributed by atoms with E-state index in [0.717, 1.165) is 314 Å². The van der Waals surface area contributed by atoms with Crippen molar-refractivity contribution in [2.45, 2.75) is 201 Å². The number of ether oxygens (including phenoxy) is 1. The number of aliphatic imine (C=N–C) groups is 5. The minimum atomic E-state index is -0.479. The number of fused-ring (bicyclic) bond motifs is 5. The van der Waals surface area contributed by atoms with Crippen LogP contribution in [0.1, 0.15) is 223 Å². The van der Waals surface area contributed by atoms with Crippen LogP contribution < -0.4 is 53.2 Å². The molecule has 0 amide bonds. The standard InChI is InChI=1S/2C21H25ClN6.C20H23ClN6O.C19H23ClN6.C18H21ClN6O/c2*1-13-18(22)14(4-8-24-13)19-20-15(11-25-19)27-17(12-26-20)28-9-6-21(7-10-28)5-2-3-16(21)23;1-12-17(21)13(2-5-23-12)18-19-14(8-24-18)26-16(9-25-19)27-6-3-20(4-7-27)11-28-10-15(20)22;1-12-16(20)13(3-6-22-12)17-18-14(9-23-17)25-15(10-24-18)26-7-4-19(2,11-21)5-8-26;1-11-15(19)12(2-5-21-11)16-17-13(8-22-16)24-14(9-23-17)25-6-3-18(20,10-26)4-7-25/h2*4,8,12,16H,2-3,5-7,9-11,23H2,1H3;2,5,9,15H,3-4,6-8,10-11,22H2,1H3;3,6,10H,4-5,7-9,11,21H2,1-2H3;2,5,9,26H,3-4,6-8,10,20H2,1H3/t2*16-;15-;;/m111../s1. The van der Waals surface area contributed by atoms with E-state index in [9.17, 15) is 5.11 Å². The first kappa shape index (κ1) is 94.6. The number of hydrogen-bond donors (Lipinski definition) is 6. The number of rotatable bonds is 12. The van der Waals surface area contributed by atoms with Gasteiger partial charge in [-0.15, -0.1) is 0 Å². The molecule has 0 radical (unpaired) electrons.